The van der Waals surface area contributed by atoms with Crippen LogP contribution in [-0.4, -0.2) is 37.7 Å². The summed E-state index contributed by atoms with van der Waals surface area (Å²) < 4.78 is 27.4. The van der Waals surface area contributed by atoms with Gasteiger partial charge in [0.1, 0.15) is 17.4 Å². The Hall–Kier alpha value is -2.97. The van der Waals surface area contributed by atoms with Crippen LogP contribution < -0.4 is 14.8 Å². The zero-order valence-corrected chi connectivity index (χ0v) is 17.5. The molecule has 0 radical (unpaired) electrons. The van der Waals surface area contributed by atoms with Crippen molar-refractivity contribution in [3.8, 4) is 17.0 Å². The fourth-order valence-electron chi connectivity index (χ4n) is 3.47. The molecule has 0 aliphatic carbocycles. The summed E-state index contributed by atoms with van der Waals surface area (Å²) in [4.78, 5) is 9.64. The van der Waals surface area contributed by atoms with Gasteiger partial charge in [0, 0.05) is 23.2 Å². The summed E-state index contributed by atoms with van der Waals surface area (Å²) in [7, 11) is -3.55. The Bertz CT molecular complexity index is 1100. The third-order valence-corrected chi connectivity index (χ3v) is 5.39. The van der Waals surface area contributed by atoms with Gasteiger partial charge in [0.05, 0.1) is 11.9 Å². The lowest BCUT2D eigenvalue weighted by molar-refractivity contribution is 0.445. The van der Waals surface area contributed by atoms with Crippen LogP contribution in [0.3, 0.4) is 0 Å². The summed E-state index contributed by atoms with van der Waals surface area (Å²) in [5.74, 6) is 2.14. The summed E-state index contributed by atoms with van der Waals surface area (Å²) in [6.07, 6.45) is 3.04. The smallest absolute Gasteiger partial charge is 0.306 e. The molecule has 1 aromatic heterocycles. The zero-order chi connectivity index (χ0) is 21.0. The first-order chi connectivity index (χ1) is 14.5. The van der Waals surface area contributed by atoms with Gasteiger partial charge in [-0.1, -0.05) is 30.3 Å². The number of aromatic nitrogens is 2. The Morgan fingerprint density at radius 3 is 2.37 bits per heavy atom. The number of rotatable bonds is 6. The second-order valence-electron chi connectivity index (χ2n) is 7.32. The molecule has 1 saturated heterocycles. The summed E-state index contributed by atoms with van der Waals surface area (Å²) in [6, 6.07) is 18.7. The summed E-state index contributed by atoms with van der Waals surface area (Å²) in [6.45, 7) is 1.93. The lowest BCUT2D eigenvalue weighted by atomic mass is 9.97. The molecule has 1 aliphatic heterocycles. The zero-order valence-electron chi connectivity index (χ0n) is 16.7. The van der Waals surface area contributed by atoms with Crippen molar-refractivity contribution in [2.45, 2.75) is 18.8 Å². The number of nitrogens with one attached hydrogen (secondary N) is 2. The lowest BCUT2D eigenvalue weighted by Crippen LogP contribution is -2.27. The van der Waals surface area contributed by atoms with Gasteiger partial charge in [0.15, 0.2) is 0 Å². The molecule has 2 N–H and O–H groups in total. The number of anilines is 2. The quantitative estimate of drug-likeness (QED) is 0.583. The fourth-order valence-corrected chi connectivity index (χ4v) is 3.93. The molecule has 8 heteroatoms. The third kappa shape index (κ3) is 5.34. The maximum Gasteiger partial charge on any atom is 0.306 e. The first-order valence-electron chi connectivity index (χ1n) is 9.88. The molecule has 0 spiro atoms. The van der Waals surface area contributed by atoms with Crippen molar-refractivity contribution >= 4 is 21.6 Å². The van der Waals surface area contributed by atoms with E-state index in [-0.39, 0.29) is 5.75 Å². The van der Waals surface area contributed by atoms with Crippen molar-refractivity contribution in [1.82, 2.24) is 15.3 Å². The molecule has 0 atom stereocenters. The molecule has 30 heavy (non-hydrogen) atoms. The van der Waals surface area contributed by atoms with Crippen LogP contribution in [0.15, 0.2) is 60.7 Å². The van der Waals surface area contributed by atoms with Crippen molar-refractivity contribution in [2.75, 3.05) is 24.7 Å². The largest absolute Gasteiger partial charge is 0.383 e. The van der Waals surface area contributed by atoms with Gasteiger partial charge in [0.2, 0.25) is 0 Å². The van der Waals surface area contributed by atoms with E-state index in [1.54, 1.807) is 24.3 Å². The van der Waals surface area contributed by atoms with Gasteiger partial charge >= 0.3 is 10.1 Å². The lowest BCUT2D eigenvalue weighted by Gasteiger charge is -2.22. The topological polar surface area (TPSA) is 93.2 Å². The highest BCUT2D eigenvalue weighted by Crippen LogP contribution is 2.28. The van der Waals surface area contributed by atoms with Gasteiger partial charge in [-0.15, -0.1) is 0 Å². The molecule has 1 aliphatic rings. The van der Waals surface area contributed by atoms with Crippen molar-refractivity contribution in [2.24, 2.45) is 0 Å². The molecule has 0 amide bonds. The van der Waals surface area contributed by atoms with E-state index < -0.39 is 10.1 Å². The third-order valence-electron chi connectivity index (χ3n) is 4.89. The van der Waals surface area contributed by atoms with E-state index in [4.69, 9.17) is 14.2 Å². The van der Waals surface area contributed by atoms with E-state index in [9.17, 15) is 8.42 Å². The van der Waals surface area contributed by atoms with Crippen LogP contribution in [0.2, 0.25) is 0 Å². The minimum absolute atomic E-state index is 0.270. The molecule has 0 bridgehead atoms. The first kappa shape index (κ1) is 20.3. The Balaban J connectivity index is 1.63. The van der Waals surface area contributed by atoms with Gasteiger partial charge in [-0.2, -0.15) is 8.42 Å². The Labute approximate surface area is 176 Å². The van der Waals surface area contributed by atoms with Crippen LogP contribution in [0.25, 0.3) is 11.3 Å². The predicted molar refractivity (Wildman–Crippen MR) is 118 cm³/mol. The van der Waals surface area contributed by atoms with E-state index in [1.807, 2.05) is 36.4 Å². The van der Waals surface area contributed by atoms with E-state index in [2.05, 4.69) is 10.6 Å². The van der Waals surface area contributed by atoms with Gasteiger partial charge in [0.25, 0.3) is 0 Å². The Kier molecular flexibility index (Phi) is 5.96. The van der Waals surface area contributed by atoms with Gasteiger partial charge in [-0.3, -0.25) is 0 Å². The van der Waals surface area contributed by atoms with E-state index in [0.717, 1.165) is 55.0 Å². The molecule has 0 unspecified atom stereocenters. The minimum Gasteiger partial charge on any atom is -0.383 e. The molecule has 156 valence electrons. The summed E-state index contributed by atoms with van der Waals surface area (Å²) in [5, 5.41) is 6.69. The van der Waals surface area contributed by atoms with Gasteiger partial charge < -0.3 is 14.8 Å². The monoisotopic (exact) mass is 424 g/mol. The molecule has 3 aromatic rings. The molecule has 4 rings (SSSR count). The van der Waals surface area contributed by atoms with Crippen LogP contribution in [0.5, 0.6) is 5.75 Å². The summed E-state index contributed by atoms with van der Waals surface area (Å²) >= 11 is 0. The average Bonchev–Trinajstić information content (AvgIpc) is 2.75. The highest BCUT2D eigenvalue weighted by Gasteiger charge is 2.20. The maximum atomic E-state index is 11.3. The second-order valence-corrected chi connectivity index (χ2v) is 8.90. The number of nitrogens with zero attached hydrogens (tertiary/aromatic N) is 2. The van der Waals surface area contributed by atoms with Crippen LogP contribution in [0, 0.1) is 0 Å². The SMILES string of the molecule is CS(=O)(=O)Oc1ccc(Nc2cc(-c3ccccc3)nc(C3CCNCC3)n2)cc1. The normalized spacial score (nSPS) is 15.0. The van der Waals surface area contributed by atoms with Crippen molar-refractivity contribution in [1.29, 1.82) is 0 Å². The van der Waals surface area contributed by atoms with Crippen LogP contribution in [0.4, 0.5) is 11.5 Å². The first-order valence-corrected chi connectivity index (χ1v) is 11.7. The van der Waals surface area contributed by atoms with Crippen molar-refractivity contribution in [3.63, 3.8) is 0 Å². The second kappa shape index (κ2) is 8.81. The number of hydrogen-bond donors (Lipinski definition) is 2. The molecule has 2 aromatic carbocycles. The average molecular weight is 425 g/mol. The fraction of sp³-hybridized carbons (Fsp3) is 0.273. The van der Waals surface area contributed by atoms with E-state index >= 15 is 0 Å². The van der Waals surface area contributed by atoms with Crippen LogP contribution in [-0.2, 0) is 10.1 Å². The maximum absolute atomic E-state index is 11.3. The number of benzene rings is 2. The van der Waals surface area contributed by atoms with Gasteiger partial charge in [-0.25, -0.2) is 9.97 Å². The van der Waals surface area contributed by atoms with Crippen LogP contribution >= 0.6 is 0 Å². The van der Waals surface area contributed by atoms with E-state index in [0.29, 0.717) is 11.7 Å². The van der Waals surface area contributed by atoms with Gasteiger partial charge in [-0.05, 0) is 50.2 Å². The van der Waals surface area contributed by atoms with Crippen molar-refractivity contribution < 1.29 is 12.6 Å². The number of piperidine rings is 1. The highest BCUT2D eigenvalue weighted by molar-refractivity contribution is 7.86. The van der Waals surface area contributed by atoms with E-state index in [1.165, 1.54) is 0 Å². The predicted octanol–water partition coefficient (Wildman–Crippen LogP) is 3.69. The molecule has 2 heterocycles. The molecule has 7 nitrogen and oxygen atoms in total. The molecule has 1 fully saturated rings. The Morgan fingerprint density at radius 1 is 1.00 bits per heavy atom. The highest BCUT2D eigenvalue weighted by atomic mass is 32.2. The van der Waals surface area contributed by atoms with Crippen molar-refractivity contribution in [3.05, 3.63) is 66.5 Å². The Morgan fingerprint density at radius 2 is 1.70 bits per heavy atom. The van der Waals surface area contributed by atoms with Crippen LogP contribution in [0.1, 0.15) is 24.6 Å². The molecular formula is C22H24N4O3S. The minimum atomic E-state index is -3.55. The molecule has 0 saturated carbocycles. The summed E-state index contributed by atoms with van der Waals surface area (Å²) in [5.41, 5.74) is 2.69. The number of hydrogen-bond acceptors (Lipinski definition) is 7. The molecular weight excluding hydrogens is 400 g/mol. The standard InChI is InChI=1S/C22H24N4O3S/c1-30(27,28)29-19-9-7-18(8-10-19)24-21-15-20(16-5-3-2-4-6-16)25-22(26-21)17-11-13-23-14-12-17/h2-10,15,17,23H,11-14H2,1H3,(H,24,25,26).